The van der Waals surface area contributed by atoms with Gasteiger partial charge in [0.15, 0.2) is 0 Å². The van der Waals surface area contributed by atoms with Gasteiger partial charge in [0.1, 0.15) is 17.5 Å². The van der Waals surface area contributed by atoms with Crippen molar-refractivity contribution in [1.82, 2.24) is 9.88 Å². The van der Waals surface area contributed by atoms with E-state index in [1.807, 2.05) is 0 Å². The van der Waals surface area contributed by atoms with E-state index in [0.29, 0.717) is 24.6 Å². The molecule has 25 heavy (non-hydrogen) atoms. The predicted molar refractivity (Wildman–Crippen MR) is 99.2 cm³/mol. The summed E-state index contributed by atoms with van der Waals surface area (Å²) in [6, 6.07) is 6.56. The van der Waals surface area contributed by atoms with E-state index in [-0.39, 0.29) is 0 Å². The molecular weight excluding hydrogens is 332 g/mol. The number of anilines is 1. The van der Waals surface area contributed by atoms with E-state index in [1.165, 1.54) is 37.2 Å². The second-order valence-electron chi connectivity index (χ2n) is 6.69. The van der Waals surface area contributed by atoms with Gasteiger partial charge in [-0.2, -0.15) is 5.26 Å². The van der Waals surface area contributed by atoms with E-state index in [2.05, 4.69) is 28.1 Å². The van der Waals surface area contributed by atoms with Crippen molar-refractivity contribution < 1.29 is 4.74 Å². The molecular formula is C19H22N4OS. The Hall–Kier alpha value is -1.94. The Kier molecular flexibility index (Phi) is 4.71. The third kappa shape index (κ3) is 3.28. The van der Waals surface area contributed by atoms with Gasteiger partial charge in [-0.3, -0.25) is 4.90 Å². The summed E-state index contributed by atoms with van der Waals surface area (Å²) in [5, 5.41) is 9.62. The molecule has 1 fully saturated rings. The summed E-state index contributed by atoms with van der Waals surface area (Å²) < 4.78 is 5.63. The zero-order valence-electron chi connectivity index (χ0n) is 14.3. The van der Waals surface area contributed by atoms with Crippen LogP contribution in [-0.4, -0.2) is 29.6 Å². The summed E-state index contributed by atoms with van der Waals surface area (Å²) in [6.07, 6.45) is 4.69. The lowest BCUT2D eigenvalue weighted by Crippen LogP contribution is -2.28. The van der Waals surface area contributed by atoms with Crippen molar-refractivity contribution in [2.75, 3.05) is 25.4 Å². The Labute approximate surface area is 152 Å². The van der Waals surface area contributed by atoms with Crippen molar-refractivity contribution in [3.05, 3.63) is 33.8 Å². The number of nitriles is 1. The fourth-order valence-electron chi connectivity index (χ4n) is 3.72. The van der Waals surface area contributed by atoms with E-state index in [4.69, 9.17) is 10.5 Å². The van der Waals surface area contributed by atoms with Crippen LogP contribution in [0.25, 0.3) is 10.4 Å². The maximum atomic E-state index is 9.62. The summed E-state index contributed by atoms with van der Waals surface area (Å²) >= 11 is 1.76. The minimum absolute atomic E-state index is 0.337. The fourth-order valence-corrected chi connectivity index (χ4v) is 4.85. The van der Waals surface area contributed by atoms with Crippen molar-refractivity contribution >= 4 is 17.2 Å². The monoisotopic (exact) mass is 354 g/mol. The quantitative estimate of drug-likeness (QED) is 0.915. The van der Waals surface area contributed by atoms with Gasteiger partial charge >= 0.3 is 0 Å². The maximum absolute atomic E-state index is 9.62. The molecule has 0 unspecified atom stereocenters. The van der Waals surface area contributed by atoms with Crippen LogP contribution in [-0.2, 0) is 24.3 Å². The molecule has 0 atom stereocenters. The molecule has 4 rings (SSSR count). The number of likely N-dealkylation sites (tertiary alicyclic amines) is 1. The Morgan fingerprint density at radius 2 is 2.12 bits per heavy atom. The zero-order valence-corrected chi connectivity index (χ0v) is 15.1. The van der Waals surface area contributed by atoms with Crippen LogP contribution in [0.15, 0.2) is 12.1 Å². The first-order valence-corrected chi connectivity index (χ1v) is 9.68. The first kappa shape index (κ1) is 16.5. The van der Waals surface area contributed by atoms with E-state index >= 15 is 0 Å². The summed E-state index contributed by atoms with van der Waals surface area (Å²) in [6.45, 7) is 4.53. The number of ether oxygens (including phenoxy) is 1. The molecule has 130 valence electrons. The number of aromatic nitrogens is 1. The molecule has 0 saturated carbocycles. The highest BCUT2D eigenvalue weighted by molar-refractivity contribution is 7.15. The molecule has 0 radical (unpaired) electrons. The Morgan fingerprint density at radius 1 is 1.28 bits per heavy atom. The van der Waals surface area contributed by atoms with Crippen LogP contribution in [0.4, 0.5) is 5.82 Å². The van der Waals surface area contributed by atoms with Gasteiger partial charge in [0.05, 0.1) is 18.9 Å². The summed E-state index contributed by atoms with van der Waals surface area (Å²) in [5.41, 5.74) is 9.49. The molecule has 2 N–H and O–H groups in total. The van der Waals surface area contributed by atoms with E-state index < -0.39 is 0 Å². The number of nitrogen functional groups attached to an aromatic ring is 1. The topological polar surface area (TPSA) is 75.2 Å². The first-order chi connectivity index (χ1) is 12.3. The molecule has 0 aromatic carbocycles. The lowest BCUT2D eigenvalue weighted by atomic mass is 9.97. The second-order valence-corrected chi connectivity index (χ2v) is 7.86. The first-order valence-electron chi connectivity index (χ1n) is 8.87. The van der Waals surface area contributed by atoms with Gasteiger partial charge < -0.3 is 10.5 Å². The molecule has 0 spiro atoms. The third-order valence-corrected chi connectivity index (χ3v) is 6.08. The highest BCUT2D eigenvalue weighted by atomic mass is 32.1. The minimum atomic E-state index is 0.337. The number of fused-ring (bicyclic) bond motifs is 1. The van der Waals surface area contributed by atoms with Crippen LogP contribution >= 0.6 is 11.3 Å². The average Bonchev–Trinajstić information content (AvgIpc) is 3.09. The molecule has 2 aliphatic heterocycles. The summed E-state index contributed by atoms with van der Waals surface area (Å²) in [4.78, 5) is 9.39. The SMILES string of the molecule is N#Cc1c(N)nc2c(c1-c1ccc(CN3CCCCC3)s1)COCC2. The summed E-state index contributed by atoms with van der Waals surface area (Å²) in [5.74, 6) is 0.337. The number of hydrogen-bond acceptors (Lipinski definition) is 6. The molecule has 2 aromatic heterocycles. The predicted octanol–water partition coefficient (Wildman–Crippen LogP) is 3.32. The second kappa shape index (κ2) is 7.12. The van der Waals surface area contributed by atoms with Crippen LogP contribution < -0.4 is 5.73 Å². The number of rotatable bonds is 3. The van der Waals surface area contributed by atoms with Gasteiger partial charge in [-0.15, -0.1) is 11.3 Å². The number of pyridine rings is 1. The van der Waals surface area contributed by atoms with Gasteiger partial charge in [0.25, 0.3) is 0 Å². The van der Waals surface area contributed by atoms with Gasteiger partial charge in [-0.05, 0) is 38.1 Å². The van der Waals surface area contributed by atoms with E-state index in [0.717, 1.165) is 34.7 Å². The van der Waals surface area contributed by atoms with Gasteiger partial charge in [0.2, 0.25) is 0 Å². The Bertz CT molecular complexity index is 818. The van der Waals surface area contributed by atoms with Gasteiger partial charge in [-0.1, -0.05) is 6.42 Å². The number of hydrogen-bond donors (Lipinski definition) is 1. The van der Waals surface area contributed by atoms with Crippen LogP contribution in [0.2, 0.25) is 0 Å². The van der Waals surface area contributed by atoms with Crippen LogP contribution in [0.1, 0.15) is 41.0 Å². The molecule has 2 aromatic rings. The summed E-state index contributed by atoms with van der Waals surface area (Å²) in [7, 11) is 0. The van der Waals surface area contributed by atoms with Gasteiger partial charge in [-0.25, -0.2) is 4.98 Å². The molecule has 6 heteroatoms. The molecule has 0 bridgehead atoms. The highest BCUT2D eigenvalue weighted by Gasteiger charge is 2.23. The third-order valence-electron chi connectivity index (χ3n) is 4.99. The van der Waals surface area contributed by atoms with Crippen LogP contribution in [0.3, 0.4) is 0 Å². The lowest BCUT2D eigenvalue weighted by molar-refractivity contribution is 0.109. The zero-order chi connectivity index (χ0) is 17.2. The number of nitrogens with two attached hydrogens (primary N) is 1. The number of nitrogens with zero attached hydrogens (tertiary/aromatic N) is 3. The molecule has 1 saturated heterocycles. The van der Waals surface area contributed by atoms with Crippen molar-refractivity contribution in [3.63, 3.8) is 0 Å². The van der Waals surface area contributed by atoms with Crippen molar-refractivity contribution in [3.8, 4) is 16.5 Å². The van der Waals surface area contributed by atoms with E-state index in [1.54, 1.807) is 11.3 Å². The normalized spacial score (nSPS) is 17.9. The molecule has 0 aliphatic carbocycles. The van der Waals surface area contributed by atoms with Crippen molar-refractivity contribution in [2.45, 2.75) is 38.8 Å². The molecule has 0 amide bonds. The molecule has 4 heterocycles. The number of thiophene rings is 1. The molecule has 2 aliphatic rings. The smallest absolute Gasteiger partial charge is 0.142 e. The minimum Gasteiger partial charge on any atom is -0.383 e. The fraction of sp³-hybridized carbons (Fsp3) is 0.474. The van der Waals surface area contributed by atoms with E-state index in [9.17, 15) is 5.26 Å². The highest BCUT2D eigenvalue weighted by Crippen LogP contribution is 2.38. The van der Waals surface area contributed by atoms with Crippen LogP contribution in [0.5, 0.6) is 0 Å². The van der Waals surface area contributed by atoms with Crippen molar-refractivity contribution in [1.29, 1.82) is 5.26 Å². The van der Waals surface area contributed by atoms with Crippen molar-refractivity contribution in [2.24, 2.45) is 0 Å². The average molecular weight is 354 g/mol. The number of piperidine rings is 1. The lowest BCUT2D eigenvalue weighted by Gasteiger charge is -2.25. The van der Waals surface area contributed by atoms with Gasteiger partial charge in [0, 0.05) is 33.8 Å². The largest absolute Gasteiger partial charge is 0.383 e. The Morgan fingerprint density at radius 3 is 2.92 bits per heavy atom. The molecule has 5 nitrogen and oxygen atoms in total. The Balaban J connectivity index is 1.70. The maximum Gasteiger partial charge on any atom is 0.142 e. The van der Waals surface area contributed by atoms with Crippen LogP contribution in [0, 0.1) is 11.3 Å². The standard InChI is InChI=1S/C19H22N4OS/c20-10-14-18(15-12-24-9-6-16(15)22-19(14)21)17-5-4-13(25-17)11-23-7-2-1-3-8-23/h4-5H,1-3,6-9,11-12H2,(H2,21,22).